The van der Waals surface area contributed by atoms with Gasteiger partial charge in [-0.3, -0.25) is 4.68 Å². The second kappa shape index (κ2) is 5.75. The molecule has 5 nitrogen and oxygen atoms in total. The van der Waals surface area contributed by atoms with E-state index in [9.17, 15) is 0 Å². The van der Waals surface area contributed by atoms with Crippen LogP contribution in [0.15, 0.2) is 49.1 Å². The molecule has 0 saturated carbocycles. The summed E-state index contributed by atoms with van der Waals surface area (Å²) < 4.78 is 2.02. The maximum Gasteiger partial charge on any atom is 0.140 e. The summed E-state index contributed by atoms with van der Waals surface area (Å²) in [6.07, 6.45) is 9.22. The van der Waals surface area contributed by atoms with E-state index in [2.05, 4.69) is 32.1 Å². The lowest BCUT2D eigenvalue weighted by molar-refractivity contribution is 0.397. The fraction of sp³-hybridized carbons (Fsp3) is 0.353. The number of nitrogens with zero attached hydrogens (tertiary/aromatic N) is 5. The molecular formula is C17H19N5. The molecule has 1 saturated heterocycles. The molecule has 3 aromatic rings. The van der Waals surface area contributed by atoms with Crippen molar-refractivity contribution in [2.45, 2.75) is 31.8 Å². The molecule has 0 N–H and O–H groups in total. The first-order chi connectivity index (χ1) is 10.9. The number of aromatic nitrogens is 4. The summed E-state index contributed by atoms with van der Waals surface area (Å²) in [5, 5.41) is 5.49. The van der Waals surface area contributed by atoms with Crippen LogP contribution in [0.1, 0.15) is 19.3 Å². The van der Waals surface area contributed by atoms with E-state index in [4.69, 9.17) is 0 Å². The molecular weight excluding hydrogens is 274 g/mol. The second-order valence-electron chi connectivity index (χ2n) is 5.79. The molecule has 0 amide bonds. The Balaban J connectivity index is 1.71. The Hall–Kier alpha value is -2.43. The van der Waals surface area contributed by atoms with Gasteiger partial charge in [-0.05, 0) is 37.5 Å². The Kier molecular flexibility index (Phi) is 3.46. The minimum atomic E-state index is 0.437. The summed E-state index contributed by atoms with van der Waals surface area (Å²) in [7, 11) is 0. The first-order valence-corrected chi connectivity index (χ1v) is 7.85. The lowest BCUT2D eigenvalue weighted by Crippen LogP contribution is -2.43. The van der Waals surface area contributed by atoms with E-state index in [1.807, 2.05) is 35.3 Å². The zero-order valence-corrected chi connectivity index (χ0v) is 12.5. The van der Waals surface area contributed by atoms with Gasteiger partial charge >= 0.3 is 0 Å². The quantitative estimate of drug-likeness (QED) is 0.745. The number of hydrogen-bond acceptors (Lipinski definition) is 4. The molecule has 0 spiro atoms. The van der Waals surface area contributed by atoms with Gasteiger partial charge in [-0.1, -0.05) is 12.1 Å². The first-order valence-electron chi connectivity index (χ1n) is 7.85. The lowest BCUT2D eigenvalue weighted by atomic mass is 10.0. The van der Waals surface area contributed by atoms with Gasteiger partial charge in [-0.25, -0.2) is 9.97 Å². The van der Waals surface area contributed by atoms with Gasteiger partial charge in [0.2, 0.25) is 0 Å². The topological polar surface area (TPSA) is 46.8 Å². The molecule has 0 aliphatic carbocycles. The van der Waals surface area contributed by atoms with Gasteiger partial charge in [0, 0.05) is 24.3 Å². The van der Waals surface area contributed by atoms with Crippen molar-refractivity contribution < 1.29 is 0 Å². The average Bonchev–Trinajstić information content (AvgIpc) is 3.08. The third-order valence-corrected chi connectivity index (χ3v) is 4.38. The number of hydrogen-bond donors (Lipinski definition) is 0. The van der Waals surface area contributed by atoms with E-state index >= 15 is 0 Å². The summed E-state index contributed by atoms with van der Waals surface area (Å²) >= 11 is 0. The standard InChI is InChI=1S/C17H19N5/c1-2-8-16-15(7-1)17(19-13-18-16)22-11-4-3-6-14(22)12-21-10-5-9-20-21/h1-2,5,7-10,13-14H,3-4,6,11-12H2/t14-/m1/s1. The van der Waals surface area contributed by atoms with Crippen LogP contribution in [0.5, 0.6) is 0 Å². The normalized spacial score (nSPS) is 18.7. The average molecular weight is 293 g/mol. The highest BCUT2D eigenvalue weighted by atomic mass is 15.3. The van der Waals surface area contributed by atoms with E-state index in [1.165, 1.54) is 19.3 Å². The maximum atomic E-state index is 4.60. The van der Waals surface area contributed by atoms with E-state index < -0.39 is 0 Å². The van der Waals surface area contributed by atoms with Gasteiger partial charge in [0.25, 0.3) is 0 Å². The zero-order valence-electron chi connectivity index (χ0n) is 12.5. The van der Waals surface area contributed by atoms with Crippen LogP contribution in [0.4, 0.5) is 5.82 Å². The Bertz CT molecular complexity index is 747. The molecule has 0 unspecified atom stereocenters. The Morgan fingerprint density at radius 2 is 2.05 bits per heavy atom. The number of para-hydroxylation sites is 1. The highest BCUT2D eigenvalue weighted by molar-refractivity contribution is 5.89. The smallest absolute Gasteiger partial charge is 0.140 e. The number of benzene rings is 1. The van der Waals surface area contributed by atoms with Crippen LogP contribution in [0.25, 0.3) is 10.9 Å². The van der Waals surface area contributed by atoms with Crippen LogP contribution in [0, 0.1) is 0 Å². The van der Waals surface area contributed by atoms with Crippen molar-refractivity contribution in [1.29, 1.82) is 0 Å². The largest absolute Gasteiger partial charge is 0.351 e. The van der Waals surface area contributed by atoms with Crippen molar-refractivity contribution in [1.82, 2.24) is 19.7 Å². The Labute approximate surface area is 129 Å². The van der Waals surface area contributed by atoms with Crippen molar-refractivity contribution in [3.05, 3.63) is 49.1 Å². The van der Waals surface area contributed by atoms with Crippen LogP contribution < -0.4 is 4.90 Å². The molecule has 1 atom stereocenters. The van der Waals surface area contributed by atoms with Gasteiger partial charge in [-0.2, -0.15) is 5.10 Å². The summed E-state index contributed by atoms with van der Waals surface area (Å²) in [6, 6.07) is 10.7. The van der Waals surface area contributed by atoms with Crippen LogP contribution in [0.2, 0.25) is 0 Å². The first kappa shape index (κ1) is 13.2. The second-order valence-corrected chi connectivity index (χ2v) is 5.79. The molecule has 1 fully saturated rings. The monoisotopic (exact) mass is 293 g/mol. The number of piperidine rings is 1. The Morgan fingerprint density at radius 3 is 2.95 bits per heavy atom. The van der Waals surface area contributed by atoms with Crippen LogP contribution in [-0.2, 0) is 6.54 Å². The fourth-order valence-corrected chi connectivity index (χ4v) is 3.31. The molecule has 0 bridgehead atoms. The number of anilines is 1. The lowest BCUT2D eigenvalue weighted by Gasteiger charge is -2.37. The van der Waals surface area contributed by atoms with Gasteiger partial charge in [-0.15, -0.1) is 0 Å². The summed E-state index contributed by atoms with van der Waals surface area (Å²) in [5.41, 5.74) is 1.01. The Morgan fingerprint density at radius 1 is 1.09 bits per heavy atom. The fourth-order valence-electron chi connectivity index (χ4n) is 3.31. The highest BCUT2D eigenvalue weighted by Gasteiger charge is 2.25. The van der Waals surface area contributed by atoms with Crippen molar-refractivity contribution in [2.75, 3.05) is 11.4 Å². The minimum Gasteiger partial charge on any atom is -0.351 e. The third kappa shape index (κ3) is 2.43. The molecule has 1 aliphatic rings. The van der Waals surface area contributed by atoms with E-state index in [1.54, 1.807) is 6.33 Å². The highest BCUT2D eigenvalue weighted by Crippen LogP contribution is 2.29. The third-order valence-electron chi connectivity index (χ3n) is 4.38. The summed E-state index contributed by atoms with van der Waals surface area (Å²) in [6.45, 7) is 1.96. The van der Waals surface area contributed by atoms with Crippen LogP contribution in [0.3, 0.4) is 0 Å². The molecule has 0 radical (unpaired) electrons. The molecule has 5 heteroatoms. The van der Waals surface area contributed by atoms with Gasteiger partial charge in [0.15, 0.2) is 0 Å². The van der Waals surface area contributed by atoms with Gasteiger partial charge in [0.1, 0.15) is 12.1 Å². The molecule has 1 aliphatic heterocycles. The van der Waals surface area contributed by atoms with Gasteiger partial charge in [0.05, 0.1) is 18.1 Å². The predicted molar refractivity (Wildman–Crippen MR) is 86.8 cm³/mol. The zero-order chi connectivity index (χ0) is 14.8. The van der Waals surface area contributed by atoms with E-state index in [0.29, 0.717) is 6.04 Å². The minimum absolute atomic E-state index is 0.437. The van der Waals surface area contributed by atoms with Crippen LogP contribution in [-0.4, -0.2) is 32.3 Å². The van der Waals surface area contributed by atoms with E-state index in [-0.39, 0.29) is 0 Å². The predicted octanol–water partition coefficient (Wildman–Crippen LogP) is 2.89. The molecule has 1 aromatic carbocycles. The van der Waals surface area contributed by atoms with Crippen molar-refractivity contribution in [3.63, 3.8) is 0 Å². The van der Waals surface area contributed by atoms with Crippen molar-refractivity contribution in [2.24, 2.45) is 0 Å². The molecule has 112 valence electrons. The molecule has 4 rings (SSSR count). The number of fused-ring (bicyclic) bond motifs is 1. The van der Waals surface area contributed by atoms with Crippen molar-refractivity contribution in [3.8, 4) is 0 Å². The summed E-state index contributed by atoms with van der Waals surface area (Å²) in [5.74, 6) is 1.06. The summed E-state index contributed by atoms with van der Waals surface area (Å²) in [4.78, 5) is 11.4. The van der Waals surface area contributed by atoms with Crippen LogP contribution >= 0.6 is 0 Å². The SMILES string of the molecule is c1ccc2c(N3CCCC[C@@H]3Cn3cccn3)ncnc2c1. The molecule has 2 aromatic heterocycles. The van der Waals surface area contributed by atoms with Gasteiger partial charge < -0.3 is 4.90 Å². The maximum absolute atomic E-state index is 4.60. The molecule has 22 heavy (non-hydrogen) atoms. The van der Waals surface area contributed by atoms with Crippen molar-refractivity contribution >= 4 is 16.7 Å². The molecule has 3 heterocycles. The number of rotatable bonds is 3. The van der Waals surface area contributed by atoms with E-state index in [0.717, 1.165) is 29.8 Å².